The zero-order valence-electron chi connectivity index (χ0n) is 10.6. The number of ether oxygens (including phenoxy) is 1. The van der Waals surface area contributed by atoms with Crippen LogP contribution in [0, 0.1) is 11.8 Å². The summed E-state index contributed by atoms with van der Waals surface area (Å²) in [7, 11) is 0. The van der Waals surface area contributed by atoms with Crippen molar-refractivity contribution in [3.8, 4) is 0 Å². The highest BCUT2D eigenvalue weighted by atomic mass is 16.5. The van der Waals surface area contributed by atoms with E-state index < -0.39 is 0 Å². The maximum atomic E-state index is 5.82. The van der Waals surface area contributed by atoms with E-state index in [1.54, 1.807) is 0 Å². The van der Waals surface area contributed by atoms with E-state index in [0.29, 0.717) is 11.8 Å². The van der Waals surface area contributed by atoms with Gasteiger partial charge in [-0.3, -0.25) is 4.90 Å². The van der Waals surface area contributed by atoms with E-state index in [1.165, 1.54) is 0 Å². The minimum absolute atomic E-state index is 0.167. The molecule has 15 heavy (non-hydrogen) atoms. The van der Waals surface area contributed by atoms with E-state index in [2.05, 4.69) is 32.6 Å². The lowest BCUT2D eigenvalue weighted by Crippen LogP contribution is -2.55. The van der Waals surface area contributed by atoms with Crippen LogP contribution >= 0.6 is 0 Å². The van der Waals surface area contributed by atoms with Gasteiger partial charge in [0.25, 0.3) is 0 Å². The zero-order chi connectivity index (χ0) is 11.5. The summed E-state index contributed by atoms with van der Waals surface area (Å²) in [5, 5.41) is 0. The van der Waals surface area contributed by atoms with Gasteiger partial charge in [-0.2, -0.15) is 0 Å². The van der Waals surface area contributed by atoms with Gasteiger partial charge < -0.3 is 10.5 Å². The van der Waals surface area contributed by atoms with Crippen molar-refractivity contribution in [2.45, 2.75) is 33.2 Å². The van der Waals surface area contributed by atoms with Crippen LogP contribution in [-0.2, 0) is 4.74 Å². The Balaban J connectivity index is 2.54. The first-order chi connectivity index (χ1) is 6.97. The molecule has 1 aliphatic rings. The maximum Gasteiger partial charge on any atom is 0.0645 e. The molecule has 0 aromatic carbocycles. The Labute approximate surface area is 94.0 Å². The van der Waals surface area contributed by atoms with Crippen molar-refractivity contribution in [3.63, 3.8) is 0 Å². The molecule has 1 rings (SSSR count). The second kappa shape index (κ2) is 5.28. The average molecular weight is 214 g/mol. The molecule has 1 fully saturated rings. The van der Waals surface area contributed by atoms with Gasteiger partial charge >= 0.3 is 0 Å². The monoisotopic (exact) mass is 214 g/mol. The van der Waals surface area contributed by atoms with Crippen LogP contribution in [0.5, 0.6) is 0 Å². The van der Waals surface area contributed by atoms with Crippen LogP contribution in [0.15, 0.2) is 0 Å². The van der Waals surface area contributed by atoms with Gasteiger partial charge in [-0.25, -0.2) is 0 Å². The van der Waals surface area contributed by atoms with Crippen LogP contribution in [0.25, 0.3) is 0 Å². The van der Waals surface area contributed by atoms with E-state index in [1.807, 2.05) is 0 Å². The fraction of sp³-hybridized carbons (Fsp3) is 1.00. The van der Waals surface area contributed by atoms with Crippen molar-refractivity contribution in [3.05, 3.63) is 0 Å². The summed E-state index contributed by atoms with van der Waals surface area (Å²) < 4.78 is 5.52. The van der Waals surface area contributed by atoms with Gasteiger partial charge in [0.1, 0.15) is 0 Å². The average Bonchev–Trinajstić information content (AvgIpc) is 2.15. The molecular weight excluding hydrogens is 188 g/mol. The van der Waals surface area contributed by atoms with Crippen molar-refractivity contribution in [2.24, 2.45) is 17.6 Å². The number of hydrogen-bond donors (Lipinski definition) is 1. The predicted molar refractivity (Wildman–Crippen MR) is 63.9 cm³/mol. The zero-order valence-corrected chi connectivity index (χ0v) is 10.6. The molecule has 1 saturated heterocycles. The highest BCUT2D eigenvalue weighted by molar-refractivity contribution is 4.86. The van der Waals surface area contributed by atoms with Gasteiger partial charge in [-0.05, 0) is 32.2 Å². The molecule has 0 saturated carbocycles. The molecular formula is C12H26N2O. The fourth-order valence-electron chi connectivity index (χ4n) is 2.07. The molecule has 0 aromatic heterocycles. The largest absolute Gasteiger partial charge is 0.378 e. The van der Waals surface area contributed by atoms with E-state index in [9.17, 15) is 0 Å². The van der Waals surface area contributed by atoms with E-state index >= 15 is 0 Å². The third-order valence-electron chi connectivity index (χ3n) is 3.52. The Morgan fingerprint density at radius 1 is 1.40 bits per heavy atom. The second-order valence-corrected chi connectivity index (χ2v) is 5.55. The molecule has 0 aromatic rings. The summed E-state index contributed by atoms with van der Waals surface area (Å²) >= 11 is 0. The first-order valence-electron chi connectivity index (χ1n) is 6.00. The van der Waals surface area contributed by atoms with Crippen molar-refractivity contribution < 1.29 is 4.74 Å². The fourth-order valence-corrected chi connectivity index (χ4v) is 2.07. The van der Waals surface area contributed by atoms with Gasteiger partial charge in [0, 0.05) is 18.6 Å². The summed E-state index contributed by atoms with van der Waals surface area (Å²) in [5.41, 5.74) is 5.99. The smallest absolute Gasteiger partial charge is 0.0645 e. The van der Waals surface area contributed by atoms with Gasteiger partial charge in [0.05, 0.1) is 13.2 Å². The van der Waals surface area contributed by atoms with E-state index in [0.717, 1.165) is 32.8 Å². The first-order valence-corrected chi connectivity index (χ1v) is 6.00. The number of hydrogen-bond acceptors (Lipinski definition) is 3. The number of nitrogens with zero attached hydrogens (tertiary/aromatic N) is 1. The lowest BCUT2D eigenvalue weighted by Gasteiger charge is -2.44. The maximum absolute atomic E-state index is 5.82. The number of nitrogens with two attached hydrogens (primary N) is 1. The predicted octanol–water partition coefficient (Wildman–Crippen LogP) is 1.33. The standard InChI is InChI=1S/C12H26N2O/c1-10(2)11(7-13)8-14-5-6-15-9-12(14,3)4/h10-11H,5-9,13H2,1-4H3. The third-order valence-corrected chi connectivity index (χ3v) is 3.52. The van der Waals surface area contributed by atoms with Crippen LogP contribution in [-0.4, -0.2) is 43.3 Å². The number of rotatable bonds is 4. The first kappa shape index (κ1) is 12.9. The Morgan fingerprint density at radius 3 is 2.53 bits per heavy atom. The van der Waals surface area contributed by atoms with Crippen LogP contribution < -0.4 is 5.73 Å². The van der Waals surface area contributed by atoms with E-state index in [-0.39, 0.29) is 5.54 Å². The van der Waals surface area contributed by atoms with Gasteiger partial charge in [0.2, 0.25) is 0 Å². The molecule has 1 atom stereocenters. The Kier molecular flexibility index (Phi) is 4.56. The van der Waals surface area contributed by atoms with Crippen molar-refractivity contribution in [1.82, 2.24) is 4.90 Å². The molecule has 1 aliphatic heterocycles. The van der Waals surface area contributed by atoms with Crippen molar-refractivity contribution >= 4 is 0 Å². The second-order valence-electron chi connectivity index (χ2n) is 5.55. The van der Waals surface area contributed by atoms with Gasteiger partial charge in [-0.15, -0.1) is 0 Å². The van der Waals surface area contributed by atoms with Crippen LogP contribution in [0.4, 0.5) is 0 Å². The molecule has 90 valence electrons. The normalized spacial score (nSPS) is 24.4. The van der Waals surface area contributed by atoms with Crippen LogP contribution in [0.3, 0.4) is 0 Å². The van der Waals surface area contributed by atoms with Crippen LogP contribution in [0.2, 0.25) is 0 Å². The lowest BCUT2D eigenvalue weighted by molar-refractivity contribution is -0.0590. The van der Waals surface area contributed by atoms with Gasteiger partial charge in [0.15, 0.2) is 0 Å². The minimum Gasteiger partial charge on any atom is -0.378 e. The Hall–Kier alpha value is -0.120. The highest BCUT2D eigenvalue weighted by Crippen LogP contribution is 2.22. The van der Waals surface area contributed by atoms with Crippen molar-refractivity contribution in [1.29, 1.82) is 0 Å². The van der Waals surface area contributed by atoms with Crippen molar-refractivity contribution in [2.75, 3.05) is 32.8 Å². The third kappa shape index (κ3) is 3.44. The Bertz CT molecular complexity index is 192. The molecule has 0 aliphatic carbocycles. The lowest BCUT2D eigenvalue weighted by atomic mass is 9.92. The summed E-state index contributed by atoms with van der Waals surface area (Å²) in [4.78, 5) is 2.52. The molecule has 3 heteroatoms. The molecule has 0 amide bonds. The molecule has 1 heterocycles. The molecule has 3 nitrogen and oxygen atoms in total. The molecule has 1 unspecified atom stereocenters. The highest BCUT2D eigenvalue weighted by Gasteiger charge is 2.32. The summed E-state index contributed by atoms with van der Waals surface area (Å²) in [5.74, 6) is 1.26. The van der Waals surface area contributed by atoms with Crippen LogP contribution in [0.1, 0.15) is 27.7 Å². The summed E-state index contributed by atoms with van der Waals surface area (Å²) in [6.07, 6.45) is 0. The summed E-state index contributed by atoms with van der Waals surface area (Å²) in [6.45, 7) is 13.6. The summed E-state index contributed by atoms with van der Waals surface area (Å²) in [6, 6.07) is 0. The molecule has 0 spiro atoms. The SMILES string of the molecule is CC(C)C(CN)CN1CCOCC1(C)C. The molecule has 2 N–H and O–H groups in total. The minimum atomic E-state index is 0.167. The topological polar surface area (TPSA) is 38.5 Å². The van der Waals surface area contributed by atoms with E-state index in [4.69, 9.17) is 10.5 Å². The van der Waals surface area contributed by atoms with Gasteiger partial charge in [-0.1, -0.05) is 13.8 Å². The number of morpholine rings is 1. The Morgan fingerprint density at radius 2 is 2.07 bits per heavy atom. The quantitative estimate of drug-likeness (QED) is 0.767. The molecule has 0 radical (unpaired) electrons. The molecule has 0 bridgehead atoms.